The van der Waals surface area contributed by atoms with Gasteiger partial charge >= 0.3 is 0 Å². The summed E-state index contributed by atoms with van der Waals surface area (Å²) in [6.07, 6.45) is 3.28. The number of halogens is 2. The predicted molar refractivity (Wildman–Crippen MR) is 76.4 cm³/mol. The van der Waals surface area contributed by atoms with Crippen molar-refractivity contribution in [1.82, 2.24) is 9.62 Å². The van der Waals surface area contributed by atoms with Crippen molar-refractivity contribution in [2.45, 2.75) is 36.6 Å². The summed E-state index contributed by atoms with van der Waals surface area (Å²) in [6, 6.07) is 2.64. The van der Waals surface area contributed by atoms with Crippen LogP contribution in [0.5, 0.6) is 0 Å². The number of piperidine rings is 1. The first-order valence-corrected chi connectivity index (χ1v) is 8.52. The summed E-state index contributed by atoms with van der Waals surface area (Å²) in [7, 11) is -1.97. The van der Waals surface area contributed by atoms with Crippen molar-refractivity contribution in [3.8, 4) is 0 Å². The first kappa shape index (κ1) is 16.3. The summed E-state index contributed by atoms with van der Waals surface area (Å²) in [6.45, 7) is 1.14. The Labute approximate surface area is 124 Å². The van der Waals surface area contributed by atoms with Gasteiger partial charge in [0.05, 0.1) is 4.90 Å². The molecular weight excluding hydrogens is 298 g/mol. The molecule has 0 aliphatic carbocycles. The molecule has 118 valence electrons. The third-order valence-corrected chi connectivity index (χ3v) is 5.75. The van der Waals surface area contributed by atoms with Crippen LogP contribution >= 0.6 is 0 Å². The predicted octanol–water partition coefficient (Wildman–Crippen LogP) is 2.12. The zero-order valence-corrected chi connectivity index (χ0v) is 12.8. The van der Waals surface area contributed by atoms with Gasteiger partial charge in [0.25, 0.3) is 0 Å². The minimum absolute atomic E-state index is 0.0932. The lowest BCUT2D eigenvalue weighted by molar-refractivity contribution is 0.240. The minimum atomic E-state index is -3.78. The van der Waals surface area contributed by atoms with Crippen LogP contribution in [0.25, 0.3) is 0 Å². The Kier molecular flexibility index (Phi) is 5.29. The van der Waals surface area contributed by atoms with Gasteiger partial charge in [0, 0.05) is 12.6 Å². The van der Waals surface area contributed by atoms with Crippen molar-refractivity contribution in [2.75, 3.05) is 20.1 Å². The van der Waals surface area contributed by atoms with Gasteiger partial charge < -0.3 is 5.32 Å². The van der Waals surface area contributed by atoms with Crippen LogP contribution in [-0.4, -0.2) is 38.9 Å². The average Bonchev–Trinajstić information content (AvgIpc) is 2.48. The van der Waals surface area contributed by atoms with Crippen LogP contribution in [-0.2, 0) is 10.0 Å². The molecule has 1 aliphatic rings. The van der Waals surface area contributed by atoms with Crippen LogP contribution in [0, 0.1) is 11.6 Å². The Morgan fingerprint density at radius 2 is 2.05 bits per heavy atom. The van der Waals surface area contributed by atoms with Crippen LogP contribution in [0.3, 0.4) is 0 Å². The molecule has 4 nitrogen and oxygen atoms in total. The molecule has 0 bridgehead atoms. The number of rotatable bonds is 5. The van der Waals surface area contributed by atoms with Gasteiger partial charge in [0.1, 0.15) is 0 Å². The summed E-state index contributed by atoms with van der Waals surface area (Å²) >= 11 is 0. The number of sulfonamides is 1. The summed E-state index contributed by atoms with van der Waals surface area (Å²) in [5.41, 5.74) is 0. The third-order valence-electron chi connectivity index (χ3n) is 3.80. The summed E-state index contributed by atoms with van der Waals surface area (Å²) in [5.74, 6) is -2.18. The van der Waals surface area contributed by atoms with Crippen LogP contribution in [0.2, 0.25) is 0 Å². The quantitative estimate of drug-likeness (QED) is 0.905. The summed E-state index contributed by atoms with van der Waals surface area (Å²) in [5, 5.41) is 3.01. The number of nitrogens with zero attached hydrogens (tertiary/aromatic N) is 1. The van der Waals surface area contributed by atoms with E-state index in [1.165, 1.54) is 4.31 Å². The van der Waals surface area contributed by atoms with Gasteiger partial charge in [-0.05, 0) is 51.1 Å². The van der Waals surface area contributed by atoms with Crippen LogP contribution in [0.1, 0.15) is 25.7 Å². The van der Waals surface area contributed by atoms with E-state index >= 15 is 0 Å². The zero-order valence-electron chi connectivity index (χ0n) is 12.0. The first-order chi connectivity index (χ1) is 9.96. The second-order valence-electron chi connectivity index (χ2n) is 5.23. The highest BCUT2D eigenvalue weighted by atomic mass is 32.2. The number of hydrogen-bond acceptors (Lipinski definition) is 3. The van der Waals surface area contributed by atoms with Crippen molar-refractivity contribution >= 4 is 10.0 Å². The largest absolute Gasteiger partial charge is 0.320 e. The lowest BCUT2D eigenvalue weighted by Crippen LogP contribution is -2.44. The molecule has 1 aromatic rings. The van der Waals surface area contributed by atoms with E-state index in [1.54, 1.807) is 0 Å². The van der Waals surface area contributed by atoms with Gasteiger partial charge in [-0.2, -0.15) is 4.31 Å². The SMILES string of the molecule is CNCCC1CCCCN1S(=O)(=O)c1ccc(F)c(F)c1. The molecular formula is C14H20F2N2O2S. The molecule has 1 N–H and O–H groups in total. The van der Waals surface area contributed by atoms with Crippen LogP contribution in [0.15, 0.2) is 23.1 Å². The number of nitrogens with one attached hydrogen (secondary N) is 1. The normalized spacial score (nSPS) is 20.6. The van der Waals surface area contributed by atoms with Gasteiger partial charge in [-0.15, -0.1) is 0 Å². The van der Waals surface area contributed by atoms with Crippen molar-refractivity contribution in [3.05, 3.63) is 29.8 Å². The average molecular weight is 318 g/mol. The fraction of sp³-hybridized carbons (Fsp3) is 0.571. The fourth-order valence-electron chi connectivity index (χ4n) is 2.66. The highest BCUT2D eigenvalue weighted by Crippen LogP contribution is 2.27. The minimum Gasteiger partial charge on any atom is -0.320 e. The topological polar surface area (TPSA) is 49.4 Å². The smallest absolute Gasteiger partial charge is 0.243 e. The van der Waals surface area contributed by atoms with Gasteiger partial charge in [0.2, 0.25) is 10.0 Å². The van der Waals surface area contributed by atoms with Gasteiger partial charge in [-0.25, -0.2) is 17.2 Å². The van der Waals surface area contributed by atoms with Gasteiger partial charge in [-0.3, -0.25) is 0 Å². The molecule has 7 heteroatoms. The first-order valence-electron chi connectivity index (χ1n) is 7.08. The zero-order chi connectivity index (χ0) is 15.5. The molecule has 1 aliphatic heterocycles. The highest BCUT2D eigenvalue weighted by molar-refractivity contribution is 7.89. The molecule has 0 spiro atoms. The second-order valence-corrected chi connectivity index (χ2v) is 7.12. The Hall–Kier alpha value is -1.05. The molecule has 0 radical (unpaired) electrons. The molecule has 1 heterocycles. The van der Waals surface area contributed by atoms with E-state index < -0.39 is 21.7 Å². The summed E-state index contributed by atoms with van der Waals surface area (Å²) in [4.78, 5) is -0.183. The van der Waals surface area contributed by atoms with Crippen LogP contribution in [0.4, 0.5) is 8.78 Å². The van der Waals surface area contributed by atoms with E-state index in [2.05, 4.69) is 5.32 Å². The highest BCUT2D eigenvalue weighted by Gasteiger charge is 2.33. The molecule has 21 heavy (non-hydrogen) atoms. The van der Waals surface area contributed by atoms with E-state index in [9.17, 15) is 17.2 Å². The second kappa shape index (κ2) is 6.81. The van der Waals surface area contributed by atoms with Gasteiger partial charge in [0.15, 0.2) is 11.6 Å². The van der Waals surface area contributed by atoms with Gasteiger partial charge in [-0.1, -0.05) is 6.42 Å². The molecule has 1 fully saturated rings. The maximum atomic E-state index is 13.3. The van der Waals surface area contributed by atoms with Crippen molar-refractivity contribution in [3.63, 3.8) is 0 Å². The van der Waals surface area contributed by atoms with Crippen molar-refractivity contribution < 1.29 is 17.2 Å². The standard InChI is InChI=1S/C14H20F2N2O2S/c1-17-8-7-11-4-2-3-9-18(11)21(19,20)12-5-6-13(15)14(16)10-12/h5-6,10-11,17H,2-4,7-9H2,1H3. The van der Waals surface area contributed by atoms with E-state index in [0.29, 0.717) is 19.5 Å². The lowest BCUT2D eigenvalue weighted by atomic mass is 10.0. The van der Waals surface area contributed by atoms with Crippen LogP contribution < -0.4 is 5.32 Å². The molecule has 2 rings (SSSR count). The molecule has 0 aromatic heterocycles. The van der Waals surface area contributed by atoms with Crippen molar-refractivity contribution in [2.24, 2.45) is 0 Å². The number of hydrogen-bond donors (Lipinski definition) is 1. The monoisotopic (exact) mass is 318 g/mol. The molecule has 0 saturated carbocycles. The van der Waals surface area contributed by atoms with E-state index in [1.807, 2.05) is 7.05 Å². The summed E-state index contributed by atoms with van der Waals surface area (Å²) < 4.78 is 53.0. The third kappa shape index (κ3) is 3.59. The molecule has 1 atom stereocenters. The van der Waals surface area contributed by atoms with E-state index in [0.717, 1.165) is 37.5 Å². The lowest BCUT2D eigenvalue weighted by Gasteiger charge is -2.34. The van der Waals surface area contributed by atoms with E-state index in [-0.39, 0.29) is 10.9 Å². The Morgan fingerprint density at radius 1 is 1.29 bits per heavy atom. The molecule has 0 amide bonds. The number of benzene rings is 1. The molecule has 1 unspecified atom stereocenters. The Balaban J connectivity index is 2.28. The maximum absolute atomic E-state index is 13.3. The van der Waals surface area contributed by atoms with Crippen molar-refractivity contribution in [1.29, 1.82) is 0 Å². The fourth-order valence-corrected chi connectivity index (χ4v) is 4.40. The molecule has 1 saturated heterocycles. The Bertz CT molecular complexity index is 593. The molecule has 1 aromatic carbocycles. The van der Waals surface area contributed by atoms with E-state index in [4.69, 9.17) is 0 Å². The maximum Gasteiger partial charge on any atom is 0.243 e. The Morgan fingerprint density at radius 3 is 2.71 bits per heavy atom.